The number of halogens is 1. The predicted molar refractivity (Wildman–Crippen MR) is 89.8 cm³/mol. The zero-order valence-corrected chi connectivity index (χ0v) is 14.5. The van der Waals surface area contributed by atoms with Gasteiger partial charge in [-0.3, -0.25) is 4.79 Å². The van der Waals surface area contributed by atoms with Crippen LogP contribution in [0.3, 0.4) is 0 Å². The summed E-state index contributed by atoms with van der Waals surface area (Å²) in [6.45, 7) is 1.68. The largest absolute Gasteiger partial charge is 0.477 e. The quantitative estimate of drug-likeness (QED) is 0.697. The van der Waals surface area contributed by atoms with Gasteiger partial charge >= 0.3 is 0 Å². The van der Waals surface area contributed by atoms with Crippen molar-refractivity contribution in [2.45, 2.75) is 30.7 Å². The average molecular weight is 403 g/mol. The molecule has 0 amide bonds. The summed E-state index contributed by atoms with van der Waals surface area (Å²) in [6.07, 6.45) is -3.44. The van der Waals surface area contributed by atoms with Crippen molar-refractivity contribution in [2.24, 2.45) is 0 Å². The Bertz CT molecular complexity index is 791. The Morgan fingerprint density at radius 1 is 1.30 bits per heavy atom. The maximum Gasteiger partial charge on any atom is 0.207 e. The van der Waals surface area contributed by atoms with Gasteiger partial charge in [-0.2, -0.15) is 0 Å². The van der Waals surface area contributed by atoms with Gasteiger partial charge in [0.1, 0.15) is 33.8 Å². The fourth-order valence-electron chi connectivity index (χ4n) is 2.35. The van der Waals surface area contributed by atoms with Crippen LogP contribution in [0.5, 0.6) is 5.75 Å². The average Bonchev–Trinajstić information content (AvgIpc) is 2.53. The Morgan fingerprint density at radius 2 is 2.04 bits per heavy atom. The highest BCUT2D eigenvalue weighted by atomic mass is 79.9. The molecule has 0 radical (unpaired) electrons. The minimum absolute atomic E-state index is 0.166. The zero-order valence-electron chi connectivity index (χ0n) is 12.1. The molecule has 1 saturated heterocycles. The smallest absolute Gasteiger partial charge is 0.207 e. The van der Waals surface area contributed by atoms with Crippen molar-refractivity contribution in [3.8, 4) is 5.75 Å². The molecule has 1 aliphatic heterocycles. The number of aliphatic hydroxyl groups is 3. The van der Waals surface area contributed by atoms with Crippen LogP contribution in [0.4, 0.5) is 0 Å². The summed E-state index contributed by atoms with van der Waals surface area (Å²) in [4.78, 5) is 12.1. The molecular formula is C15H15BrO6S. The Labute approximate surface area is 144 Å². The van der Waals surface area contributed by atoms with Gasteiger partial charge in [-0.05, 0) is 35.0 Å². The minimum atomic E-state index is -1.25. The molecule has 1 fully saturated rings. The normalized spacial score (nSPS) is 28.0. The number of rotatable bonds is 2. The number of thioether (sulfide) groups is 1. The third kappa shape index (κ3) is 3.14. The maximum absolute atomic E-state index is 12.1. The molecule has 0 bridgehead atoms. The highest BCUT2D eigenvalue weighted by Crippen LogP contribution is 2.30. The maximum atomic E-state index is 12.1. The number of aryl methyl sites for hydroxylation is 1. The lowest BCUT2D eigenvalue weighted by Gasteiger charge is -2.34. The molecule has 2 aromatic rings. The van der Waals surface area contributed by atoms with Crippen LogP contribution in [0.2, 0.25) is 0 Å². The zero-order chi connectivity index (χ0) is 16.7. The van der Waals surface area contributed by atoms with Gasteiger partial charge in [0, 0.05) is 11.8 Å². The summed E-state index contributed by atoms with van der Waals surface area (Å²) < 4.78 is 11.6. The fourth-order valence-corrected chi connectivity index (χ4v) is 3.77. The van der Waals surface area contributed by atoms with E-state index in [4.69, 9.17) is 9.15 Å². The van der Waals surface area contributed by atoms with Gasteiger partial charge in [0.05, 0.1) is 11.5 Å². The second-order valence-electron chi connectivity index (χ2n) is 5.33. The van der Waals surface area contributed by atoms with E-state index >= 15 is 0 Å². The fraction of sp³-hybridized carbons (Fsp3) is 0.400. The molecular weight excluding hydrogens is 388 g/mol. The van der Waals surface area contributed by atoms with Crippen molar-refractivity contribution in [3.63, 3.8) is 0 Å². The lowest BCUT2D eigenvalue weighted by atomic mass is 10.1. The molecule has 124 valence electrons. The van der Waals surface area contributed by atoms with Crippen LogP contribution in [-0.4, -0.2) is 44.8 Å². The lowest BCUT2D eigenvalue weighted by Crippen LogP contribution is -2.50. The van der Waals surface area contributed by atoms with Crippen LogP contribution in [0.25, 0.3) is 11.0 Å². The predicted octanol–water partition coefficient (Wildman–Crippen LogP) is 1.40. The molecule has 3 N–H and O–H groups in total. The first-order chi connectivity index (χ1) is 10.9. The molecule has 1 aromatic carbocycles. The van der Waals surface area contributed by atoms with E-state index in [1.54, 1.807) is 25.1 Å². The Hall–Kier alpha value is -1.06. The number of aliphatic hydroxyl groups excluding tert-OH is 3. The van der Waals surface area contributed by atoms with Crippen molar-refractivity contribution < 1.29 is 24.5 Å². The lowest BCUT2D eigenvalue weighted by molar-refractivity contribution is -0.0786. The van der Waals surface area contributed by atoms with Crippen molar-refractivity contribution in [1.82, 2.24) is 0 Å². The van der Waals surface area contributed by atoms with Crippen molar-refractivity contribution in [3.05, 3.63) is 38.7 Å². The second-order valence-corrected chi connectivity index (χ2v) is 7.25. The first-order valence-electron chi connectivity index (χ1n) is 6.94. The van der Waals surface area contributed by atoms with Crippen LogP contribution in [0, 0.1) is 6.92 Å². The Morgan fingerprint density at radius 3 is 2.78 bits per heavy atom. The molecule has 0 aliphatic carbocycles. The van der Waals surface area contributed by atoms with Gasteiger partial charge in [0.25, 0.3) is 0 Å². The summed E-state index contributed by atoms with van der Waals surface area (Å²) in [5.74, 6) is 1.13. The Kier molecular flexibility index (Phi) is 4.70. The van der Waals surface area contributed by atoms with Gasteiger partial charge in [-0.15, -0.1) is 11.8 Å². The van der Waals surface area contributed by atoms with Crippen molar-refractivity contribution in [2.75, 3.05) is 5.75 Å². The van der Waals surface area contributed by atoms with E-state index in [2.05, 4.69) is 15.9 Å². The Balaban J connectivity index is 1.90. The van der Waals surface area contributed by atoms with E-state index in [1.165, 1.54) is 11.8 Å². The molecule has 23 heavy (non-hydrogen) atoms. The second kappa shape index (κ2) is 6.45. The highest BCUT2D eigenvalue weighted by Gasteiger charge is 2.38. The van der Waals surface area contributed by atoms with Gasteiger partial charge in [0.2, 0.25) is 5.43 Å². The van der Waals surface area contributed by atoms with E-state index in [0.717, 1.165) is 0 Å². The van der Waals surface area contributed by atoms with Crippen LogP contribution in [0.1, 0.15) is 5.76 Å². The number of benzene rings is 1. The molecule has 1 aromatic heterocycles. The van der Waals surface area contributed by atoms with E-state index in [0.29, 0.717) is 27.0 Å². The number of ether oxygens (including phenoxy) is 1. The molecule has 3 rings (SSSR count). The minimum Gasteiger partial charge on any atom is -0.477 e. The van der Waals surface area contributed by atoms with E-state index in [9.17, 15) is 20.1 Å². The molecule has 0 saturated carbocycles. The van der Waals surface area contributed by atoms with Crippen LogP contribution >= 0.6 is 27.7 Å². The van der Waals surface area contributed by atoms with E-state index in [1.807, 2.05) is 0 Å². The van der Waals surface area contributed by atoms with Gasteiger partial charge in [-0.1, -0.05) is 0 Å². The number of hydrogen-bond donors (Lipinski definition) is 3. The van der Waals surface area contributed by atoms with E-state index in [-0.39, 0.29) is 11.2 Å². The van der Waals surface area contributed by atoms with Crippen LogP contribution in [0.15, 0.2) is 31.9 Å². The third-order valence-electron chi connectivity index (χ3n) is 3.68. The summed E-state index contributed by atoms with van der Waals surface area (Å²) in [6, 6.07) is 4.76. The monoisotopic (exact) mass is 402 g/mol. The first kappa shape index (κ1) is 16.8. The molecule has 4 atom stereocenters. The molecule has 1 aliphatic rings. The first-order valence-corrected chi connectivity index (χ1v) is 8.78. The van der Waals surface area contributed by atoms with E-state index < -0.39 is 23.7 Å². The van der Waals surface area contributed by atoms with Crippen LogP contribution < -0.4 is 10.2 Å². The van der Waals surface area contributed by atoms with Crippen molar-refractivity contribution in [1.29, 1.82) is 0 Å². The molecule has 6 nitrogen and oxygen atoms in total. The molecule has 8 heteroatoms. The van der Waals surface area contributed by atoms with Gasteiger partial charge in [0.15, 0.2) is 5.44 Å². The SMILES string of the molecule is Cc1oc2cc(O[C@@H]3SC[C@@H](O)[C@H](O)[C@H]3O)ccc2c(=O)c1Br. The van der Waals surface area contributed by atoms with Crippen LogP contribution in [-0.2, 0) is 0 Å². The van der Waals surface area contributed by atoms with Gasteiger partial charge < -0.3 is 24.5 Å². The number of hydrogen-bond acceptors (Lipinski definition) is 7. The number of fused-ring (bicyclic) bond motifs is 1. The summed E-state index contributed by atoms with van der Waals surface area (Å²) in [5.41, 5.74) is -0.501. The highest BCUT2D eigenvalue weighted by molar-refractivity contribution is 9.10. The summed E-state index contributed by atoms with van der Waals surface area (Å²) in [5, 5.41) is 29.6. The topological polar surface area (TPSA) is 100 Å². The van der Waals surface area contributed by atoms with Crippen molar-refractivity contribution >= 4 is 38.7 Å². The molecule has 2 heterocycles. The molecule has 0 spiro atoms. The summed E-state index contributed by atoms with van der Waals surface area (Å²) in [7, 11) is 0. The third-order valence-corrected chi connectivity index (χ3v) is 5.83. The summed E-state index contributed by atoms with van der Waals surface area (Å²) >= 11 is 4.40. The molecule has 0 unspecified atom stereocenters. The van der Waals surface area contributed by atoms with Gasteiger partial charge in [-0.25, -0.2) is 0 Å². The standard InChI is InChI=1S/C15H15BrO6S/c1-6-11(16)12(18)8-3-2-7(4-10(8)21-6)22-15-14(20)13(19)9(17)5-23-15/h2-4,9,13-15,17,19-20H,5H2,1H3/t9-,13+,14-,15-/m1/s1.